The Labute approximate surface area is 125 Å². The fourth-order valence-electron chi connectivity index (χ4n) is 2.04. The molecule has 1 atom stereocenters. The van der Waals surface area contributed by atoms with Crippen LogP contribution in [0.15, 0.2) is 22.7 Å². The highest BCUT2D eigenvalue weighted by Gasteiger charge is 2.10. The van der Waals surface area contributed by atoms with Crippen LogP contribution in [0.4, 0.5) is 5.69 Å². The first kappa shape index (κ1) is 16.5. The summed E-state index contributed by atoms with van der Waals surface area (Å²) in [6.07, 6.45) is 1.15. The Hall–Kier alpha value is -0.580. The van der Waals surface area contributed by atoms with E-state index in [4.69, 9.17) is 5.73 Å². The third-order valence-corrected chi connectivity index (χ3v) is 3.84. The average Bonchev–Trinajstić information content (AvgIpc) is 2.33. The van der Waals surface area contributed by atoms with Crippen molar-refractivity contribution in [2.75, 3.05) is 38.6 Å². The predicted octanol–water partition coefficient (Wildman–Crippen LogP) is 3.25. The Bertz CT molecular complexity index is 391. The van der Waals surface area contributed by atoms with Gasteiger partial charge in [0, 0.05) is 35.8 Å². The molecule has 2 N–H and O–H groups in total. The molecule has 1 rings (SSSR count). The number of hydrogen-bond acceptors (Lipinski definition) is 3. The molecule has 0 radical (unpaired) electrons. The maximum Gasteiger partial charge on any atom is 0.0378 e. The van der Waals surface area contributed by atoms with Crippen LogP contribution in [0.3, 0.4) is 0 Å². The topological polar surface area (TPSA) is 32.5 Å². The third-order valence-electron chi connectivity index (χ3n) is 3.15. The highest BCUT2D eigenvalue weighted by atomic mass is 79.9. The molecule has 3 nitrogen and oxygen atoms in total. The maximum absolute atomic E-state index is 5.95. The molecule has 0 unspecified atom stereocenters. The quantitative estimate of drug-likeness (QED) is 0.834. The Morgan fingerprint density at radius 1 is 1.21 bits per heavy atom. The molecule has 0 bridgehead atoms. The van der Waals surface area contributed by atoms with Gasteiger partial charge in [-0.1, -0.05) is 28.9 Å². The van der Waals surface area contributed by atoms with E-state index in [9.17, 15) is 0 Å². The molecule has 0 aromatic heterocycles. The molecule has 0 amide bonds. The molecule has 0 aliphatic carbocycles. The second-order valence-electron chi connectivity index (χ2n) is 5.28. The molecule has 1 aromatic carbocycles. The van der Waals surface area contributed by atoms with Gasteiger partial charge in [-0.25, -0.2) is 0 Å². The van der Waals surface area contributed by atoms with Crippen LogP contribution in [0.1, 0.15) is 31.9 Å². The van der Waals surface area contributed by atoms with E-state index < -0.39 is 0 Å². The lowest BCUT2D eigenvalue weighted by molar-refractivity contribution is 0.413. The standard InChI is InChI=1S/C15H26BrN3/c1-5-8-19(10-9-18(3)4)13-6-7-14(12(2)17)15(16)11-13/h6-7,11-12H,5,8-10,17H2,1-4H3/t12-/m1/s1. The number of nitrogens with two attached hydrogens (primary N) is 1. The van der Waals surface area contributed by atoms with Gasteiger partial charge in [0.2, 0.25) is 0 Å². The number of anilines is 1. The summed E-state index contributed by atoms with van der Waals surface area (Å²) in [7, 11) is 4.22. The van der Waals surface area contributed by atoms with Crippen molar-refractivity contribution >= 4 is 21.6 Å². The molecule has 0 aliphatic rings. The van der Waals surface area contributed by atoms with Crippen LogP contribution < -0.4 is 10.6 Å². The molecule has 4 heteroatoms. The monoisotopic (exact) mass is 327 g/mol. The zero-order chi connectivity index (χ0) is 14.4. The van der Waals surface area contributed by atoms with Gasteiger partial charge in [0.15, 0.2) is 0 Å². The number of nitrogens with zero attached hydrogens (tertiary/aromatic N) is 2. The van der Waals surface area contributed by atoms with E-state index >= 15 is 0 Å². The Balaban J connectivity index is 2.87. The first-order valence-electron chi connectivity index (χ1n) is 6.90. The minimum atomic E-state index is 0.0600. The van der Waals surface area contributed by atoms with Gasteiger partial charge in [-0.15, -0.1) is 0 Å². The van der Waals surface area contributed by atoms with E-state index in [1.807, 2.05) is 6.92 Å². The first-order valence-corrected chi connectivity index (χ1v) is 7.69. The summed E-state index contributed by atoms with van der Waals surface area (Å²) < 4.78 is 1.10. The molecular formula is C15H26BrN3. The van der Waals surface area contributed by atoms with Crippen LogP contribution in [0.25, 0.3) is 0 Å². The first-order chi connectivity index (χ1) is 8.95. The van der Waals surface area contributed by atoms with E-state index in [-0.39, 0.29) is 6.04 Å². The van der Waals surface area contributed by atoms with Gasteiger partial charge in [0.1, 0.15) is 0 Å². The lowest BCUT2D eigenvalue weighted by atomic mass is 10.1. The lowest BCUT2D eigenvalue weighted by Gasteiger charge is -2.26. The molecule has 0 fully saturated rings. The van der Waals surface area contributed by atoms with Crippen molar-refractivity contribution in [3.8, 4) is 0 Å². The summed E-state index contributed by atoms with van der Waals surface area (Å²) in [6.45, 7) is 7.42. The van der Waals surface area contributed by atoms with Gasteiger partial charge < -0.3 is 15.5 Å². The molecule has 1 aromatic rings. The Morgan fingerprint density at radius 3 is 2.37 bits per heavy atom. The van der Waals surface area contributed by atoms with Gasteiger partial charge in [0.25, 0.3) is 0 Å². The molecule has 19 heavy (non-hydrogen) atoms. The fourth-order valence-corrected chi connectivity index (χ4v) is 2.77. The second kappa shape index (κ2) is 7.88. The number of benzene rings is 1. The van der Waals surface area contributed by atoms with Crippen molar-refractivity contribution in [2.45, 2.75) is 26.3 Å². The average molecular weight is 328 g/mol. The molecule has 0 saturated carbocycles. The molecule has 0 aliphatic heterocycles. The SMILES string of the molecule is CCCN(CCN(C)C)c1ccc([C@@H](C)N)c(Br)c1. The van der Waals surface area contributed by atoms with E-state index in [0.717, 1.165) is 36.1 Å². The van der Waals surface area contributed by atoms with E-state index in [1.165, 1.54) is 5.69 Å². The Kier molecular flexibility index (Phi) is 6.83. The molecule has 0 spiro atoms. The molecule has 0 heterocycles. The van der Waals surface area contributed by atoms with Crippen molar-refractivity contribution in [3.05, 3.63) is 28.2 Å². The lowest BCUT2D eigenvalue weighted by Crippen LogP contribution is -2.32. The predicted molar refractivity (Wildman–Crippen MR) is 87.8 cm³/mol. The summed E-state index contributed by atoms with van der Waals surface area (Å²) in [4.78, 5) is 4.64. The van der Waals surface area contributed by atoms with Crippen molar-refractivity contribution in [2.24, 2.45) is 5.73 Å². The zero-order valence-corrected chi connectivity index (χ0v) is 14.1. The van der Waals surface area contributed by atoms with E-state index in [0.29, 0.717) is 0 Å². The number of hydrogen-bond donors (Lipinski definition) is 1. The fraction of sp³-hybridized carbons (Fsp3) is 0.600. The summed E-state index contributed by atoms with van der Waals surface area (Å²) in [5.41, 5.74) is 8.37. The van der Waals surface area contributed by atoms with Gasteiger partial charge in [0.05, 0.1) is 0 Å². The number of halogens is 1. The van der Waals surface area contributed by atoms with E-state index in [1.54, 1.807) is 0 Å². The maximum atomic E-state index is 5.95. The molecular weight excluding hydrogens is 302 g/mol. The van der Waals surface area contributed by atoms with Crippen LogP contribution in [0, 0.1) is 0 Å². The largest absolute Gasteiger partial charge is 0.370 e. The summed E-state index contributed by atoms with van der Waals surface area (Å²) in [5, 5.41) is 0. The smallest absolute Gasteiger partial charge is 0.0378 e. The van der Waals surface area contributed by atoms with Crippen molar-refractivity contribution < 1.29 is 0 Å². The zero-order valence-electron chi connectivity index (χ0n) is 12.5. The minimum absolute atomic E-state index is 0.0600. The third kappa shape index (κ3) is 5.13. The van der Waals surface area contributed by atoms with Crippen LogP contribution in [-0.4, -0.2) is 38.6 Å². The number of rotatable bonds is 7. The van der Waals surface area contributed by atoms with Crippen molar-refractivity contribution in [1.29, 1.82) is 0 Å². The van der Waals surface area contributed by atoms with Crippen LogP contribution in [0.5, 0.6) is 0 Å². The van der Waals surface area contributed by atoms with Crippen molar-refractivity contribution in [3.63, 3.8) is 0 Å². The summed E-state index contributed by atoms with van der Waals surface area (Å²) >= 11 is 3.63. The van der Waals surface area contributed by atoms with Crippen LogP contribution in [-0.2, 0) is 0 Å². The number of likely N-dealkylation sites (N-methyl/N-ethyl adjacent to an activating group) is 1. The van der Waals surface area contributed by atoms with Crippen LogP contribution in [0.2, 0.25) is 0 Å². The second-order valence-corrected chi connectivity index (χ2v) is 6.14. The summed E-state index contributed by atoms with van der Waals surface area (Å²) in [5.74, 6) is 0. The van der Waals surface area contributed by atoms with Gasteiger partial charge in [-0.05, 0) is 45.1 Å². The minimum Gasteiger partial charge on any atom is -0.370 e. The van der Waals surface area contributed by atoms with Gasteiger partial charge in [-0.3, -0.25) is 0 Å². The van der Waals surface area contributed by atoms with Crippen LogP contribution >= 0.6 is 15.9 Å². The molecule has 0 saturated heterocycles. The molecule has 108 valence electrons. The van der Waals surface area contributed by atoms with Crippen molar-refractivity contribution in [1.82, 2.24) is 4.90 Å². The Morgan fingerprint density at radius 2 is 1.89 bits per heavy atom. The normalized spacial score (nSPS) is 12.8. The van der Waals surface area contributed by atoms with E-state index in [2.05, 4.69) is 64.9 Å². The highest BCUT2D eigenvalue weighted by molar-refractivity contribution is 9.10. The van der Waals surface area contributed by atoms with Gasteiger partial charge >= 0.3 is 0 Å². The highest BCUT2D eigenvalue weighted by Crippen LogP contribution is 2.27. The summed E-state index contributed by atoms with van der Waals surface area (Å²) in [6, 6.07) is 6.55. The van der Waals surface area contributed by atoms with Gasteiger partial charge in [-0.2, -0.15) is 0 Å².